The first-order valence-corrected chi connectivity index (χ1v) is 9.18. The second-order valence-electron chi connectivity index (χ2n) is 4.40. The van der Waals surface area contributed by atoms with Gasteiger partial charge in [-0.15, -0.1) is 0 Å². The first-order chi connectivity index (χ1) is 8.86. The Hall–Kier alpha value is -0.760. The summed E-state index contributed by atoms with van der Waals surface area (Å²) in [6.45, 7) is 1.93. The summed E-state index contributed by atoms with van der Waals surface area (Å²) >= 11 is 0. The monoisotopic (exact) mass is 304 g/mol. The number of nitrogens with one attached hydrogen (secondary N) is 1. The van der Waals surface area contributed by atoms with Crippen LogP contribution in [-0.2, 0) is 27.4 Å². The SMILES string of the molecule is CC(CCS(C)=O)NS(=O)(=O)c1ccccc1CN. The second-order valence-corrected chi connectivity index (χ2v) is 7.64. The molecule has 7 heteroatoms. The van der Waals surface area contributed by atoms with Crippen molar-refractivity contribution >= 4 is 20.8 Å². The van der Waals surface area contributed by atoms with Gasteiger partial charge < -0.3 is 5.73 Å². The Labute approximate surface area is 117 Å². The van der Waals surface area contributed by atoms with Gasteiger partial charge in [0.15, 0.2) is 0 Å². The summed E-state index contributed by atoms with van der Waals surface area (Å²) in [6.07, 6.45) is 2.14. The Morgan fingerprint density at radius 1 is 1.37 bits per heavy atom. The smallest absolute Gasteiger partial charge is 0.241 e. The maximum absolute atomic E-state index is 12.2. The van der Waals surface area contributed by atoms with Crippen molar-refractivity contribution in [3.63, 3.8) is 0 Å². The Balaban J connectivity index is 2.83. The van der Waals surface area contributed by atoms with Crippen LogP contribution in [0.5, 0.6) is 0 Å². The van der Waals surface area contributed by atoms with Crippen LogP contribution in [-0.4, -0.2) is 30.7 Å². The predicted molar refractivity (Wildman–Crippen MR) is 77.7 cm³/mol. The van der Waals surface area contributed by atoms with Crippen LogP contribution in [0.4, 0.5) is 0 Å². The van der Waals surface area contributed by atoms with Crippen LogP contribution in [0.3, 0.4) is 0 Å². The molecule has 0 bridgehead atoms. The van der Waals surface area contributed by atoms with Crippen molar-refractivity contribution in [1.29, 1.82) is 0 Å². The summed E-state index contributed by atoms with van der Waals surface area (Å²) in [5, 5.41) is 0. The lowest BCUT2D eigenvalue weighted by molar-refractivity contribution is 0.554. The quantitative estimate of drug-likeness (QED) is 0.771. The van der Waals surface area contributed by atoms with E-state index in [1.165, 1.54) is 6.07 Å². The van der Waals surface area contributed by atoms with E-state index in [-0.39, 0.29) is 17.5 Å². The molecule has 1 aromatic rings. The van der Waals surface area contributed by atoms with Gasteiger partial charge in [0.2, 0.25) is 10.0 Å². The molecule has 0 amide bonds. The van der Waals surface area contributed by atoms with Gasteiger partial charge in [0.1, 0.15) is 0 Å². The zero-order chi connectivity index (χ0) is 14.5. The predicted octanol–water partition coefficient (Wildman–Crippen LogP) is 0.581. The topological polar surface area (TPSA) is 89.3 Å². The third kappa shape index (κ3) is 5.02. The number of benzene rings is 1. The highest BCUT2D eigenvalue weighted by molar-refractivity contribution is 7.89. The van der Waals surface area contributed by atoms with E-state index in [1.54, 1.807) is 31.4 Å². The number of hydrogen-bond acceptors (Lipinski definition) is 4. The fourth-order valence-electron chi connectivity index (χ4n) is 1.66. The maximum Gasteiger partial charge on any atom is 0.241 e. The Kier molecular flexibility index (Phi) is 6.12. The van der Waals surface area contributed by atoms with Crippen molar-refractivity contribution in [3.05, 3.63) is 29.8 Å². The molecule has 3 N–H and O–H groups in total. The highest BCUT2D eigenvalue weighted by Gasteiger charge is 2.19. The van der Waals surface area contributed by atoms with Crippen LogP contribution in [0.1, 0.15) is 18.9 Å². The molecule has 0 aliphatic heterocycles. The van der Waals surface area contributed by atoms with Gasteiger partial charge in [-0.1, -0.05) is 18.2 Å². The minimum absolute atomic E-state index is 0.171. The van der Waals surface area contributed by atoms with Gasteiger partial charge in [0, 0.05) is 35.4 Å². The summed E-state index contributed by atoms with van der Waals surface area (Å²) < 4.78 is 38.0. The van der Waals surface area contributed by atoms with Gasteiger partial charge in [-0.3, -0.25) is 4.21 Å². The van der Waals surface area contributed by atoms with Crippen molar-refractivity contribution in [2.75, 3.05) is 12.0 Å². The summed E-state index contributed by atoms with van der Waals surface area (Å²) in [5.41, 5.74) is 6.13. The molecule has 19 heavy (non-hydrogen) atoms. The molecule has 0 fully saturated rings. The molecular weight excluding hydrogens is 284 g/mol. The summed E-state index contributed by atoms with van der Waals surface area (Å²) in [6, 6.07) is 6.39. The van der Waals surface area contributed by atoms with Crippen LogP contribution in [0.25, 0.3) is 0 Å². The van der Waals surface area contributed by atoms with Crippen molar-refractivity contribution in [2.45, 2.75) is 30.8 Å². The van der Waals surface area contributed by atoms with E-state index in [0.717, 1.165) is 0 Å². The van der Waals surface area contributed by atoms with E-state index in [4.69, 9.17) is 5.73 Å². The van der Waals surface area contributed by atoms with Crippen LogP contribution in [0.15, 0.2) is 29.2 Å². The van der Waals surface area contributed by atoms with E-state index in [0.29, 0.717) is 17.7 Å². The lowest BCUT2D eigenvalue weighted by atomic mass is 10.2. The molecule has 5 nitrogen and oxygen atoms in total. The number of sulfonamides is 1. The summed E-state index contributed by atoms with van der Waals surface area (Å²) in [4.78, 5) is 0.210. The van der Waals surface area contributed by atoms with E-state index in [1.807, 2.05) is 0 Å². The van der Waals surface area contributed by atoms with Crippen LogP contribution >= 0.6 is 0 Å². The Morgan fingerprint density at radius 3 is 2.58 bits per heavy atom. The summed E-state index contributed by atoms with van der Waals surface area (Å²) in [5.74, 6) is 0.474. The van der Waals surface area contributed by atoms with Crippen LogP contribution < -0.4 is 10.5 Å². The number of rotatable bonds is 7. The highest BCUT2D eigenvalue weighted by Crippen LogP contribution is 2.15. The minimum Gasteiger partial charge on any atom is -0.326 e. The van der Waals surface area contributed by atoms with Gasteiger partial charge in [0.25, 0.3) is 0 Å². The molecule has 108 valence electrons. The number of nitrogens with two attached hydrogens (primary N) is 1. The first kappa shape index (κ1) is 16.3. The normalized spacial score (nSPS) is 15.1. The van der Waals surface area contributed by atoms with E-state index >= 15 is 0 Å². The zero-order valence-electron chi connectivity index (χ0n) is 11.1. The average molecular weight is 304 g/mol. The molecule has 0 aliphatic rings. The second kappa shape index (κ2) is 7.14. The fourth-order valence-corrected chi connectivity index (χ4v) is 3.88. The minimum atomic E-state index is -3.58. The van der Waals surface area contributed by atoms with Crippen molar-refractivity contribution in [1.82, 2.24) is 4.72 Å². The van der Waals surface area contributed by atoms with Crippen molar-refractivity contribution in [2.24, 2.45) is 5.73 Å². The van der Waals surface area contributed by atoms with Gasteiger partial charge >= 0.3 is 0 Å². The Bertz CT molecular complexity index is 544. The molecule has 1 rings (SSSR count). The van der Waals surface area contributed by atoms with Gasteiger partial charge in [0.05, 0.1) is 4.90 Å². The highest BCUT2D eigenvalue weighted by atomic mass is 32.2. The lowest BCUT2D eigenvalue weighted by Crippen LogP contribution is -2.34. The zero-order valence-corrected chi connectivity index (χ0v) is 12.8. The molecule has 2 unspecified atom stereocenters. The molecule has 2 atom stereocenters. The third-order valence-corrected chi connectivity index (χ3v) is 5.18. The van der Waals surface area contributed by atoms with Gasteiger partial charge in [-0.25, -0.2) is 13.1 Å². The third-order valence-electron chi connectivity index (χ3n) is 2.68. The molecule has 0 saturated heterocycles. The molecule has 0 aliphatic carbocycles. The molecule has 1 aromatic carbocycles. The average Bonchev–Trinajstić information content (AvgIpc) is 2.35. The summed E-state index contributed by atoms with van der Waals surface area (Å²) in [7, 11) is -4.50. The Morgan fingerprint density at radius 2 is 2.00 bits per heavy atom. The molecule has 0 aromatic heterocycles. The number of hydrogen-bond donors (Lipinski definition) is 2. The lowest BCUT2D eigenvalue weighted by Gasteiger charge is -2.15. The standard InChI is InChI=1S/C12H20N2O3S2/c1-10(7-8-18(2)15)14-19(16,17)12-6-4-3-5-11(12)9-13/h3-6,10,14H,7-9,13H2,1-2H3. The van der Waals surface area contributed by atoms with Crippen molar-refractivity contribution in [3.8, 4) is 0 Å². The molecule has 0 heterocycles. The van der Waals surface area contributed by atoms with E-state index in [9.17, 15) is 12.6 Å². The fraction of sp³-hybridized carbons (Fsp3) is 0.500. The molecular formula is C12H20N2O3S2. The van der Waals surface area contributed by atoms with E-state index in [2.05, 4.69) is 4.72 Å². The molecule has 0 radical (unpaired) electrons. The van der Waals surface area contributed by atoms with Crippen LogP contribution in [0, 0.1) is 0 Å². The van der Waals surface area contributed by atoms with Crippen molar-refractivity contribution < 1.29 is 12.6 Å². The maximum atomic E-state index is 12.2. The first-order valence-electron chi connectivity index (χ1n) is 5.97. The van der Waals surface area contributed by atoms with Crippen LogP contribution in [0.2, 0.25) is 0 Å². The van der Waals surface area contributed by atoms with E-state index < -0.39 is 20.8 Å². The van der Waals surface area contributed by atoms with Gasteiger partial charge in [-0.2, -0.15) is 0 Å². The molecule has 0 spiro atoms. The van der Waals surface area contributed by atoms with Gasteiger partial charge in [-0.05, 0) is 25.0 Å². The molecule has 0 saturated carbocycles. The largest absolute Gasteiger partial charge is 0.326 e.